The van der Waals surface area contributed by atoms with Crippen LogP contribution in [-0.4, -0.2) is 148 Å². The first-order valence-electron chi connectivity index (χ1n) is 11.3. The summed E-state index contributed by atoms with van der Waals surface area (Å²) in [6.07, 6.45) is 0. The van der Waals surface area contributed by atoms with E-state index >= 15 is 0 Å². The van der Waals surface area contributed by atoms with Gasteiger partial charge in [0.15, 0.2) is 0 Å². The molecule has 0 saturated carbocycles. The zero-order chi connectivity index (χ0) is 25.3. The monoisotopic (exact) mass is 488 g/mol. The van der Waals surface area contributed by atoms with E-state index in [0.29, 0.717) is 78.8 Å². The van der Waals surface area contributed by atoms with Crippen molar-refractivity contribution in [2.75, 3.05) is 105 Å². The molecule has 14 heteroatoms. The van der Waals surface area contributed by atoms with Crippen molar-refractivity contribution < 1.29 is 28.7 Å². The Hall–Kier alpha value is -2.36. The van der Waals surface area contributed by atoms with Crippen LogP contribution in [0.3, 0.4) is 0 Å². The number of amides is 4. The number of hydrogen-bond donors (Lipinski definition) is 4. The molecule has 0 spiro atoms. The third-order valence-electron chi connectivity index (χ3n) is 5.19. The van der Waals surface area contributed by atoms with Gasteiger partial charge in [0.05, 0.1) is 52.6 Å². The summed E-state index contributed by atoms with van der Waals surface area (Å²) in [5, 5.41) is 0. The van der Waals surface area contributed by atoms with E-state index < -0.39 is 23.6 Å². The Morgan fingerprint density at radius 2 is 0.647 bits per heavy atom. The quantitative estimate of drug-likeness (QED) is 0.256. The number of ether oxygens (including phenoxy) is 2. The molecule has 0 bridgehead atoms. The van der Waals surface area contributed by atoms with Crippen LogP contribution in [-0.2, 0) is 28.7 Å². The number of carbonyl (C=O) groups is 4. The van der Waals surface area contributed by atoms with Gasteiger partial charge in [-0.2, -0.15) is 0 Å². The van der Waals surface area contributed by atoms with Crippen molar-refractivity contribution in [3.05, 3.63) is 0 Å². The molecule has 4 amide bonds. The molecule has 0 atom stereocenters. The summed E-state index contributed by atoms with van der Waals surface area (Å²) < 4.78 is 11.4. The van der Waals surface area contributed by atoms with Crippen molar-refractivity contribution in [3.8, 4) is 0 Å². The fourth-order valence-electron chi connectivity index (χ4n) is 3.51. The van der Waals surface area contributed by atoms with Gasteiger partial charge in [0.2, 0.25) is 23.6 Å². The van der Waals surface area contributed by atoms with Crippen LogP contribution in [0.25, 0.3) is 0 Å². The number of nitrogens with zero attached hydrogens (tertiary/aromatic N) is 4. The van der Waals surface area contributed by atoms with Crippen molar-refractivity contribution in [2.45, 2.75) is 0 Å². The molecule has 1 aliphatic rings. The first-order chi connectivity index (χ1) is 16.2. The molecule has 0 radical (unpaired) electrons. The standard InChI is InChI=1S/C20H40N8O6/c21-17(29)13-25-1-2-26(14-18(22)30)6-10-34-12-8-28(16-20(24)32)4-3-27(15-19(23)31)7-11-33-9-5-25/h1-16H2,(H2,21,29)(H2,22,30)(H2,23,31)(H2,24,32). The SMILES string of the molecule is NC(=O)CN1CCOCCN(CC(N)=O)CCN(CC(N)=O)CCOCCN(CC(N)=O)CC1. The second-order valence-electron chi connectivity index (χ2n) is 8.19. The highest BCUT2D eigenvalue weighted by Crippen LogP contribution is 1.98. The Labute approximate surface area is 200 Å². The summed E-state index contributed by atoms with van der Waals surface area (Å²) in [5.41, 5.74) is 21.5. The summed E-state index contributed by atoms with van der Waals surface area (Å²) in [7, 11) is 0. The fourth-order valence-corrected chi connectivity index (χ4v) is 3.51. The maximum absolute atomic E-state index is 11.4. The first-order valence-corrected chi connectivity index (χ1v) is 11.3. The van der Waals surface area contributed by atoms with Crippen LogP contribution < -0.4 is 22.9 Å². The second-order valence-corrected chi connectivity index (χ2v) is 8.19. The highest BCUT2D eigenvalue weighted by Gasteiger charge is 2.16. The normalized spacial score (nSPS) is 20.2. The van der Waals surface area contributed by atoms with Gasteiger partial charge in [-0.3, -0.25) is 38.8 Å². The van der Waals surface area contributed by atoms with Crippen molar-refractivity contribution >= 4 is 23.6 Å². The van der Waals surface area contributed by atoms with E-state index in [1.54, 1.807) is 0 Å². The van der Waals surface area contributed by atoms with Crippen LogP contribution in [0.5, 0.6) is 0 Å². The van der Waals surface area contributed by atoms with Crippen molar-refractivity contribution in [2.24, 2.45) is 22.9 Å². The van der Waals surface area contributed by atoms with E-state index in [0.717, 1.165) is 0 Å². The van der Waals surface area contributed by atoms with Gasteiger partial charge < -0.3 is 32.4 Å². The number of carbonyl (C=O) groups excluding carboxylic acids is 4. The van der Waals surface area contributed by atoms with Gasteiger partial charge in [-0.1, -0.05) is 0 Å². The predicted octanol–water partition coefficient (Wildman–Crippen LogP) is -4.82. The van der Waals surface area contributed by atoms with Crippen LogP contribution in [0, 0.1) is 0 Å². The van der Waals surface area contributed by atoms with Gasteiger partial charge in [0.25, 0.3) is 0 Å². The lowest BCUT2D eigenvalue weighted by Gasteiger charge is -2.28. The molecule has 0 aromatic rings. The predicted molar refractivity (Wildman–Crippen MR) is 124 cm³/mol. The van der Waals surface area contributed by atoms with Gasteiger partial charge >= 0.3 is 0 Å². The number of nitrogens with two attached hydrogens (primary N) is 4. The van der Waals surface area contributed by atoms with Crippen LogP contribution >= 0.6 is 0 Å². The van der Waals surface area contributed by atoms with Crippen molar-refractivity contribution in [3.63, 3.8) is 0 Å². The largest absolute Gasteiger partial charge is 0.379 e. The maximum Gasteiger partial charge on any atom is 0.231 e. The van der Waals surface area contributed by atoms with E-state index in [1.165, 1.54) is 0 Å². The lowest BCUT2D eigenvalue weighted by molar-refractivity contribution is -0.121. The van der Waals surface area contributed by atoms with E-state index in [1.807, 2.05) is 19.6 Å². The Kier molecular flexibility index (Phi) is 14.9. The number of primary amides is 4. The Bertz CT molecular complexity index is 547. The van der Waals surface area contributed by atoms with Gasteiger partial charge in [0.1, 0.15) is 0 Å². The summed E-state index contributed by atoms with van der Waals surface area (Å²) in [6.45, 7) is 5.46. The molecule has 0 unspecified atom stereocenters. The molecule has 0 aromatic carbocycles. The zero-order valence-electron chi connectivity index (χ0n) is 19.9. The van der Waals surface area contributed by atoms with Gasteiger partial charge in [-0.25, -0.2) is 0 Å². The van der Waals surface area contributed by atoms with E-state index in [-0.39, 0.29) is 26.2 Å². The molecule has 0 aromatic heterocycles. The summed E-state index contributed by atoms with van der Waals surface area (Å²) in [5.74, 6) is -1.83. The third kappa shape index (κ3) is 15.5. The highest BCUT2D eigenvalue weighted by molar-refractivity contribution is 5.77. The van der Waals surface area contributed by atoms with Gasteiger partial charge in [-0.05, 0) is 0 Å². The topological polar surface area (TPSA) is 204 Å². The van der Waals surface area contributed by atoms with Gasteiger partial charge in [-0.15, -0.1) is 0 Å². The second kappa shape index (κ2) is 17.1. The molecule has 196 valence electrons. The summed E-state index contributed by atoms with van der Waals surface area (Å²) in [6, 6.07) is 0. The Balaban J connectivity index is 2.82. The molecule has 1 heterocycles. The van der Waals surface area contributed by atoms with E-state index in [9.17, 15) is 19.2 Å². The van der Waals surface area contributed by atoms with Crippen LogP contribution in [0.4, 0.5) is 0 Å². The lowest BCUT2D eigenvalue weighted by Crippen LogP contribution is -2.45. The maximum atomic E-state index is 11.4. The summed E-state index contributed by atoms with van der Waals surface area (Å²) >= 11 is 0. The molecule has 34 heavy (non-hydrogen) atoms. The van der Waals surface area contributed by atoms with Crippen molar-refractivity contribution in [1.82, 2.24) is 19.6 Å². The summed E-state index contributed by atoms with van der Waals surface area (Å²) in [4.78, 5) is 53.2. The third-order valence-corrected chi connectivity index (χ3v) is 5.19. The highest BCUT2D eigenvalue weighted by atomic mass is 16.5. The Morgan fingerprint density at radius 3 is 0.824 bits per heavy atom. The molecule has 8 N–H and O–H groups in total. The molecule has 1 aliphatic heterocycles. The minimum atomic E-state index is -0.458. The van der Waals surface area contributed by atoms with E-state index in [2.05, 4.69) is 0 Å². The number of rotatable bonds is 8. The Morgan fingerprint density at radius 1 is 0.441 bits per heavy atom. The minimum absolute atomic E-state index is 0.0633. The first kappa shape index (κ1) is 29.7. The minimum Gasteiger partial charge on any atom is -0.379 e. The molecular formula is C20H40N8O6. The smallest absolute Gasteiger partial charge is 0.231 e. The molecule has 1 saturated heterocycles. The average Bonchev–Trinajstić information content (AvgIpc) is 2.72. The van der Waals surface area contributed by atoms with Crippen molar-refractivity contribution in [1.29, 1.82) is 0 Å². The van der Waals surface area contributed by atoms with Gasteiger partial charge in [0, 0.05) is 52.4 Å². The van der Waals surface area contributed by atoms with E-state index in [4.69, 9.17) is 32.4 Å². The van der Waals surface area contributed by atoms with Crippen LogP contribution in [0.2, 0.25) is 0 Å². The molecular weight excluding hydrogens is 448 g/mol. The molecule has 0 aliphatic carbocycles. The lowest BCUT2D eigenvalue weighted by atomic mass is 10.3. The average molecular weight is 489 g/mol. The molecule has 1 rings (SSSR count). The number of hydrogen-bond acceptors (Lipinski definition) is 10. The molecule has 14 nitrogen and oxygen atoms in total. The molecule has 1 fully saturated rings. The fraction of sp³-hybridized carbons (Fsp3) is 0.800. The zero-order valence-corrected chi connectivity index (χ0v) is 19.9. The van der Waals surface area contributed by atoms with Crippen LogP contribution in [0.15, 0.2) is 0 Å². The van der Waals surface area contributed by atoms with Crippen LogP contribution in [0.1, 0.15) is 0 Å².